The Morgan fingerprint density at radius 1 is 1.50 bits per heavy atom. The summed E-state index contributed by atoms with van der Waals surface area (Å²) in [6, 6.07) is 0.0521. The van der Waals surface area contributed by atoms with Gasteiger partial charge in [0.05, 0.1) is 12.7 Å². The lowest BCUT2D eigenvalue weighted by Crippen LogP contribution is -2.41. The van der Waals surface area contributed by atoms with Crippen molar-refractivity contribution in [3.05, 3.63) is 0 Å². The second kappa shape index (κ2) is 6.02. The van der Waals surface area contributed by atoms with Crippen molar-refractivity contribution in [3.8, 4) is 0 Å². The van der Waals surface area contributed by atoms with E-state index >= 15 is 0 Å². The van der Waals surface area contributed by atoms with Gasteiger partial charge in [0.15, 0.2) is 0 Å². The van der Waals surface area contributed by atoms with E-state index in [0.717, 1.165) is 26.2 Å². The minimum absolute atomic E-state index is 0.0521. The molecule has 0 spiro atoms. The van der Waals surface area contributed by atoms with Crippen molar-refractivity contribution in [2.45, 2.75) is 39.2 Å². The van der Waals surface area contributed by atoms with Crippen LogP contribution >= 0.6 is 0 Å². The Hall–Kier alpha value is -0.610. The van der Waals surface area contributed by atoms with Crippen LogP contribution in [0.25, 0.3) is 0 Å². The van der Waals surface area contributed by atoms with Crippen molar-refractivity contribution in [2.75, 3.05) is 33.4 Å². The minimum atomic E-state index is 0.0521. The quantitative estimate of drug-likeness (QED) is 0.816. The molecule has 4 nitrogen and oxygen atoms in total. The van der Waals surface area contributed by atoms with E-state index in [0.29, 0.717) is 17.7 Å². The number of amides is 1. The molecule has 2 aliphatic rings. The fourth-order valence-electron chi connectivity index (χ4n) is 3.14. The zero-order valence-corrected chi connectivity index (χ0v) is 12.0. The van der Waals surface area contributed by atoms with Gasteiger partial charge in [-0.1, -0.05) is 20.3 Å². The summed E-state index contributed by atoms with van der Waals surface area (Å²) in [5, 5.41) is 3.37. The van der Waals surface area contributed by atoms with Crippen LogP contribution < -0.4 is 5.32 Å². The Labute approximate surface area is 111 Å². The molecule has 0 aliphatic carbocycles. The van der Waals surface area contributed by atoms with E-state index in [2.05, 4.69) is 31.1 Å². The largest absolute Gasteiger partial charge is 0.328 e. The summed E-state index contributed by atoms with van der Waals surface area (Å²) in [5.41, 5.74) is 0. The van der Waals surface area contributed by atoms with Crippen LogP contribution in [-0.4, -0.2) is 55.1 Å². The average Bonchev–Trinajstić information content (AvgIpc) is 2.70. The van der Waals surface area contributed by atoms with Crippen LogP contribution in [0.5, 0.6) is 0 Å². The van der Waals surface area contributed by atoms with Crippen LogP contribution in [0.3, 0.4) is 0 Å². The fourth-order valence-corrected chi connectivity index (χ4v) is 3.14. The average molecular weight is 253 g/mol. The van der Waals surface area contributed by atoms with Gasteiger partial charge in [0, 0.05) is 13.1 Å². The van der Waals surface area contributed by atoms with Crippen LogP contribution in [0.15, 0.2) is 0 Å². The van der Waals surface area contributed by atoms with Crippen molar-refractivity contribution in [3.63, 3.8) is 0 Å². The highest BCUT2D eigenvalue weighted by atomic mass is 16.2. The maximum atomic E-state index is 12.3. The van der Waals surface area contributed by atoms with Gasteiger partial charge in [-0.2, -0.15) is 0 Å². The number of carbonyl (C=O) groups is 1. The second-order valence-electron chi connectivity index (χ2n) is 6.06. The zero-order valence-electron chi connectivity index (χ0n) is 12.0. The fraction of sp³-hybridized carbons (Fsp3) is 0.929. The highest BCUT2D eigenvalue weighted by Gasteiger charge is 2.35. The molecular weight excluding hydrogens is 226 g/mol. The third-order valence-corrected chi connectivity index (χ3v) is 4.49. The normalized spacial score (nSPS) is 31.9. The number of likely N-dealkylation sites (tertiary alicyclic amines) is 1. The number of carbonyl (C=O) groups excluding carboxylic acids is 1. The highest BCUT2D eigenvalue weighted by molar-refractivity contribution is 5.84. The molecule has 0 saturated carbocycles. The third kappa shape index (κ3) is 3.04. The van der Waals surface area contributed by atoms with E-state index in [9.17, 15) is 4.79 Å². The molecular formula is C14H27N3O. The molecule has 0 bridgehead atoms. The zero-order chi connectivity index (χ0) is 13.1. The van der Waals surface area contributed by atoms with E-state index in [4.69, 9.17) is 0 Å². The Bertz CT molecular complexity index is 295. The van der Waals surface area contributed by atoms with Gasteiger partial charge in [-0.25, -0.2) is 0 Å². The molecule has 2 fully saturated rings. The SMILES string of the molecule is CCC(C)C1NCN(CC2CCCN(C)C2)C1=O. The first-order valence-electron chi connectivity index (χ1n) is 7.32. The van der Waals surface area contributed by atoms with Gasteiger partial charge < -0.3 is 9.80 Å². The summed E-state index contributed by atoms with van der Waals surface area (Å²) in [6.07, 6.45) is 3.59. The molecule has 2 aliphatic heterocycles. The van der Waals surface area contributed by atoms with Crippen molar-refractivity contribution in [1.29, 1.82) is 0 Å². The van der Waals surface area contributed by atoms with Crippen molar-refractivity contribution in [1.82, 2.24) is 15.1 Å². The molecule has 0 aromatic rings. The second-order valence-corrected chi connectivity index (χ2v) is 6.06. The maximum absolute atomic E-state index is 12.3. The molecule has 2 saturated heterocycles. The predicted octanol–water partition coefficient (Wildman–Crippen LogP) is 1.13. The monoisotopic (exact) mass is 253 g/mol. The molecule has 3 atom stereocenters. The standard InChI is InChI=1S/C14H27N3O/c1-4-11(2)13-14(18)17(10-15-13)9-12-6-5-7-16(3)8-12/h11-13,15H,4-10H2,1-3H3. The molecule has 4 heteroatoms. The summed E-state index contributed by atoms with van der Waals surface area (Å²) in [6.45, 7) is 8.33. The summed E-state index contributed by atoms with van der Waals surface area (Å²) >= 11 is 0. The lowest BCUT2D eigenvalue weighted by atomic mass is 9.97. The summed E-state index contributed by atoms with van der Waals surface area (Å²) < 4.78 is 0. The summed E-state index contributed by atoms with van der Waals surface area (Å²) in [4.78, 5) is 16.7. The van der Waals surface area contributed by atoms with E-state index < -0.39 is 0 Å². The minimum Gasteiger partial charge on any atom is -0.328 e. The molecule has 1 N–H and O–H groups in total. The molecule has 0 aromatic carbocycles. The maximum Gasteiger partial charge on any atom is 0.241 e. The van der Waals surface area contributed by atoms with Crippen molar-refractivity contribution >= 4 is 5.91 Å². The number of nitrogens with zero attached hydrogens (tertiary/aromatic N) is 2. The Balaban J connectivity index is 1.85. The molecule has 0 radical (unpaired) electrons. The first-order valence-corrected chi connectivity index (χ1v) is 7.32. The van der Waals surface area contributed by atoms with Gasteiger partial charge in [0.1, 0.15) is 0 Å². The van der Waals surface area contributed by atoms with Gasteiger partial charge in [0.25, 0.3) is 0 Å². The van der Waals surface area contributed by atoms with Gasteiger partial charge in [0.2, 0.25) is 5.91 Å². The van der Waals surface area contributed by atoms with Crippen LogP contribution in [0.1, 0.15) is 33.1 Å². The van der Waals surface area contributed by atoms with Crippen LogP contribution in [0, 0.1) is 11.8 Å². The van der Waals surface area contributed by atoms with Crippen LogP contribution in [0.4, 0.5) is 0 Å². The summed E-state index contributed by atoms with van der Waals surface area (Å²) in [7, 11) is 2.18. The molecule has 1 amide bonds. The number of hydrogen-bond acceptors (Lipinski definition) is 3. The van der Waals surface area contributed by atoms with E-state index in [-0.39, 0.29) is 6.04 Å². The first kappa shape index (κ1) is 13.8. The van der Waals surface area contributed by atoms with Crippen molar-refractivity contribution in [2.24, 2.45) is 11.8 Å². The highest BCUT2D eigenvalue weighted by Crippen LogP contribution is 2.20. The smallest absolute Gasteiger partial charge is 0.241 e. The van der Waals surface area contributed by atoms with Crippen LogP contribution in [0.2, 0.25) is 0 Å². The lowest BCUT2D eigenvalue weighted by molar-refractivity contribution is -0.130. The molecule has 2 rings (SSSR count). The first-order chi connectivity index (χ1) is 8.61. The van der Waals surface area contributed by atoms with Gasteiger partial charge in [-0.3, -0.25) is 10.1 Å². The van der Waals surface area contributed by atoms with E-state index in [1.807, 2.05) is 4.90 Å². The van der Waals surface area contributed by atoms with Crippen molar-refractivity contribution < 1.29 is 4.79 Å². The predicted molar refractivity (Wildman–Crippen MR) is 73.2 cm³/mol. The molecule has 18 heavy (non-hydrogen) atoms. The number of piperidine rings is 1. The summed E-state index contributed by atoms with van der Waals surface area (Å²) in [5.74, 6) is 1.42. The Morgan fingerprint density at radius 3 is 2.94 bits per heavy atom. The van der Waals surface area contributed by atoms with E-state index in [1.165, 1.54) is 19.4 Å². The van der Waals surface area contributed by atoms with E-state index in [1.54, 1.807) is 0 Å². The number of nitrogens with one attached hydrogen (secondary N) is 1. The molecule has 2 heterocycles. The topological polar surface area (TPSA) is 35.6 Å². The van der Waals surface area contributed by atoms with Gasteiger partial charge >= 0.3 is 0 Å². The van der Waals surface area contributed by atoms with Gasteiger partial charge in [-0.15, -0.1) is 0 Å². The number of rotatable bonds is 4. The molecule has 104 valence electrons. The Kier molecular flexibility index (Phi) is 4.62. The number of hydrogen-bond donors (Lipinski definition) is 1. The molecule has 0 aromatic heterocycles. The Morgan fingerprint density at radius 2 is 2.28 bits per heavy atom. The van der Waals surface area contributed by atoms with Crippen LogP contribution in [-0.2, 0) is 4.79 Å². The lowest BCUT2D eigenvalue weighted by Gasteiger charge is -2.32. The molecule has 3 unspecified atom stereocenters. The third-order valence-electron chi connectivity index (χ3n) is 4.49. The van der Waals surface area contributed by atoms with Gasteiger partial charge in [-0.05, 0) is 38.3 Å².